The van der Waals surface area contributed by atoms with Crippen molar-refractivity contribution >= 4 is 5.91 Å². The van der Waals surface area contributed by atoms with Gasteiger partial charge in [0.1, 0.15) is 0 Å². The summed E-state index contributed by atoms with van der Waals surface area (Å²) in [6.07, 6.45) is 4.36. The number of carbonyl (C=O) groups excluding carboxylic acids is 1. The summed E-state index contributed by atoms with van der Waals surface area (Å²) >= 11 is 0. The zero-order valence-electron chi connectivity index (χ0n) is 9.83. The van der Waals surface area contributed by atoms with Crippen molar-refractivity contribution in [2.45, 2.75) is 51.1 Å². The summed E-state index contributed by atoms with van der Waals surface area (Å²) in [4.78, 5) is 13.5. The average Bonchev–Trinajstić information content (AvgIpc) is 2.61. The van der Waals surface area contributed by atoms with Crippen molar-refractivity contribution < 1.29 is 4.79 Å². The lowest BCUT2D eigenvalue weighted by Crippen LogP contribution is -2.51. The Hall–Kier alpha value is -0.610. The minimum absolute atomic E-state index is 0.408. The molecule has 0 aromatic carbocycles. The van der Waals surface area contributed by atoms with Gasteiger partial charge < -0.3 is 16.4 Å². The molecule has 1 rings (SSSR count). The van der Waals surface area contributed by atoms with Crippen LogP contribution in [0, 0.1) is 0 Å². The van der Waals surface area contributed by atoms with Crippen molar-refractivity contribution in [3.63, 3.8) is 0 Å². The fraction of sp³-hybridized carbons (Fsp3) is 0.909. The lowest BCUT2D eigenvalue weighted by atomic mass is 9.98. The molecule has 4 heteroatoms. The van der Waals surface area contributed by atoms with Gasteiger partial charge in [-0.25, -0.2) is 0 Å². The first-order valence-corrected chi connectivity index (χ1v) is 5.80. The second-order valence-electron chi connectivity index (χ2n) is 4.77. The van der Waals surface area contributed by atoms with Crippen molar-refractivity contribution in [3.05, 3.63) is 0 Å². The Balaban J connectivity index is 2.39. The lowest BCUT2D eigenvalue weighted by molar-refractivity contribution is -0.122. The third-order valence-electron chi connectivity index (χ3n) is 3.45. The molecule has 0 aromatic heterocycles. The molecule has 88 valence electrons. The predicted molar refractivity (Wildman–Crippen MR) is 61.3 cm³/mol. The van der Waals surface area contributed by atoms with Gasteiger partial charge in [-0.3, -0.25) is 4.79 Å². The third kappa shape index (κ3) is 3.18. The Bertz CT molecular complexity index is 228. The summed E-state index contributed by atoms with van der Waals surface area (Å²) in [6, 6.07) is 0.675. The molecule has 1 aliphatic rings. The molecule has 0 saturated carbocycles. The Kier molecular flexibility index (Phi) is 4.11. The first-order chi connectivity index (χ1) is 6.97. The van der Waals surface area contributed by atoms with Crippen LogP contribution >= 0.6 is 0 Å². The SMILES string of the molecule is CCC1CCCN1CCC(C)(N)C(N)=O. The molecule has 0 bridgehead atoms. The molecular formula is C11H23N3O. The molecular weight excluding hydrogens is 190 g/mol. The highest BCUT2D eigenvalue weighted by Gasteiger charge is 2.29. The van der Waals surface area contributed by atoms with Gasteiger partial charge >= 0.3 is 0 Å². The average molecular weight is 213 g/mol. The summed E-state index contributed by atoms with van der Waals surface area (Å²) in [5, 5.41) is 0. The summed E-state index contributed by atoms with van der Waals surface area (Å²) in [5.41, 5.74) is 10.2. The number of carbonyl (C=O) groups is 1. The van der Waals surface area contributed by atoms with Crippen LogP contribution in [0.3, 0.4) is 0 Å². The topological polar surface area (TPSA) is 72.3 Å². The number of hydrogen-bond donors (Lipinski definition) is 2. The maximum atomic E-state index is 11.1. The van der Waals surface area contributed by atoms with Gasteiger partial charge in [-0.05, 0) is 39.2 Å². The number of amides is 1. The van der Waals surface area contributed by atoms with Crippen LogP contribution in [0.2, 0.25) is 0 Å². The molecule has 0 aromatic rings. The van der Waals surface area contributed by atoms with Crippen LogP contribution in [0.1, 0.15) is 39.5 Å². The van der Waals surface area contributed by atoms with Gasteiger partial charge in [-0.1, -0.05) is 6.92 Å². The first-order valence-electron chi connectivity index (χ1n) is 5.80. The van der Waals surface area contributed by atoms with Crippen LogP contribution in [-0.4, -0.2) is 35.5 Å². The Morgan fingerprint density at radius 2 is 2.27 bits per heavy atom. The smallest absolute Gasteiger partial charge is 0.237 e. The summed E-state index contributed by atoms with van der Waals surface area (Å²) in [7, 11) is 0. The Morgan fingerprint density at radius 1 is 1.60 bits per heavy atom. The number of nitrogens with two attached hydrogens (primary N) is 2. The largest absolute Gasteiger partial charge is 0.368 e. The number of likely N-dealkylation sites (tertiary alicyclic amines) is 1. The zero-order valence-corrected chi connectivity index (χ0v) is 9.83. The van der Waals surface area contributed by atoms with Crippen LogP contribution in [0.4, 0.5) is 0 Å². The molecule has 2 unspecified atom stereocenters. The van der Waals surface area contributed by atoms with Crippen molar-refractivity contribution in [2.75, 3.05) is 13.1 Å². The Morgan fingerprint density at radius 3 is 2.80 bits per heavy atom. The van der Waals surface area contributed by atoms with E-state index in [0.717, 1.165) is 13.1 Å². The van der Waals surface area contributed by atoms with E-state index in [-0.39, 0.29) is 0 Å². The van der Waals surface area contributed by atoms with E-state index < -0.39 is 11.4 Å². The molecule has 1 saturated heterocycles. The quantitative estimate of drug-likeness (QED) is 0.696. The molecule has 4 N–H and O–H groups in total. The second-order valence-corrected chi connectivity index (χ2v) is 4.77. The summed E-state index contributed by atoms with van der Waals surface area (Å²) in [6.45, 7) is 5.94. The molecule has 1 heterocycles. The van der Waals surface area contributed by atoms with Crippen LogP contribution in [0.25, 0.3) is 0 Å². The van der Waals surface area contributed by atoms with E-state index >= 15 is 0 Å². The molecule has 0 radical (unpaired) electrons. The number of hydrogen-bond acceptors (Lipinski definition) is 3. The molecule has 1 amide bonds. The summed E-state index contributed by atoms with van der Waals surface area (Å²) < 4.78 is 0. The fourth-order valence-electron chi connectivity index (χ4n) is 2.15. The zero-order chi connectivity index (χ0) is 11.5. The van der Waals surface area contributed by atoms with Crippen LogP contribution in [0.15, 0.2) is 0 Å². The molecule has 4 nitrogen and oxygen atoms in total. The van der Waals surface area contributed by atoms with Crippen LogP contribution in [-0.2, 0) is 4.79 Å². The minimum atomic E-state index is -0.860. The number of primary amides is 1. The van der Waals surface area contributed by atoms with E-state index in [2.05, 4.69) is 11.8 Å². The standard InChI is InChI=1S/C11H23N3O/c1-3-9-5-4-7-14(9)8-6-11(2,13)10(12)15/h9H,3-8,13H2,1-2H3,(H2,12,15). The first kappa shape index (κ1) is 12.5. The van der Waals surface area contributed by atoms with Gasteiger partial charge in [0.05, 0.1) is 5.54 Å². The summed E-state index contributed by atoms with van der Waals surface area (Å²) in [5.74, 6) is -0.408. The van der Waals surface area contributed by atoms with Gasteiger partial charge in [0, 0.05) is 12.6 Å². The monoisotopic (exact) mass is 213 g/mol. The van der Waals surface area contributed by atoms with E-state index in [9.17, 15) is 4.79 Å². The van der Waals surface area contributed by atoms with Crippen molar-refractivity contribution in [1.29, 1.82) is 0 Å². The normalized spacial score (nSPS) is 26.5. The van der Waals surface area contributed by atoms with E-state index in [1.807, 2.05) is 0 Å². The molecule has 1 fully saturated rings. The maximum absolute atomic E-state index is 11.1. The Labute approximate surface area is 92.0 Å². The number of rotatable bonds is 5. The number of nitrogens with zero attached hydrogens (tertiary/aromatic N) is 1. The molecule has 15 heavy (non-hydrogen) atoms. The van der Waals surface area contributed by atoms with Crippen LogP contribution in [0.5, 0.6) is 0 Å². The van der Waals surface area contributed by atoms with E-state index in [0.29, 0.717) is 12.5 Å². The molecule has 2 atom stereocenters. The van der Waals surface area contributed by atoms with Gasteiger partial charge in [-0.2, -0.15) is 0 Å². The van der Waals surface area contributed by atoms with E-state index in [4.69, 9.17) is 11.5 Å². The van der Waals surface area contributed by atoms with Gasteiger partial charge in [-0.15, -0.1) is 0 Å². The lowest BCUT2D eigenvalue weighted by Gasteiger charge is -2.27. The van der Waals surface area contributed by atoms with Crippen molar-refractivity contribution in [3.8, 4) is 0 Å². The minimum Gasteiger partial charge on any atom is -0.368 e. The van der Waals surface area contributed by atoms with Crippen molar-refractivity contribution in [2.24, 2.45) is 11.5 Å². The van der Waals surface area contributed by atoms with Gasteiger partial charge in [0.15, 0.2) is 0 Å². The fourth-order valence-corrected chi connectivity index (χ4v) is 2.15. The van der Waals surface area contributed by atoms with Crippen molar-refractivity contribution in [1.82, 2.24) is 4.90 Å². The third-order valence-corrected chi connectivity index (χ3v) is 3.45. The highest BCUT2D eigenvalue weighted by atomic mass is 16.1. The van der Waals surface area contributed by atoms with Gasteiger partial charge in [0.2, 0.25) is 5.91 Å². The van der Waals surface area contributed by atoms with Crippen LogP contribution < -0.4 is 11.5 Å². The predicted octanol–water partition coefficient (Wildman–Crippen LogP) is 0.454. The van der Waals surface area contributed by atoms with E-state index in [1.165, 1.54) is 19.3 Å². The molecule has 1 aliphatic heterocycles. The second kappa shape index (κ2) is 4.94. The van der Waals surface area contributed by atoms with Gasteiger partial charge in [0.25, 0.3) is 0 Å². The maximum Gasteiger partial charge on any atom is 0.237 e. The highest BCUT2D eigenvalue weighted by Crippen LogP contribution is 2.21. The molecule has 0 aliphatic carbocycles. The molecule has 0 spiro atoms. The highest BCUT2D eigenvalue weighted by molar-refractivity contribution is 5.83. The van der Waals surface area contributed by atoms with E-state index in [1.54, 1.807) is 6.92 Å².